The molecule has 0 bridgehead atoms. The third-order valence-corrected chi connectivity index (χ3v) is 2.98. The van der Waals surface area contributed by atoms with E-state index in [1.165, 1.54) is 16.8 Å². The maximum atomic E-state index is 13.4. The Morgan fingerprint density at radius 1 is 1.47 bits per heavy atom. The van der Waals surface area contributed by atoms with Crippen LogP contribution in [-0.2, 0) is 0 Å². The van der Waals surface area contributed by atoms with Crippen LogP contribution in [0.5, 0.6) is 5.88 Å². The lowest BCUT2D eigenvalue weighted by atomic mass is 10.2. The molecule has 2 rings (SSSR count). The van der Waals surface area contributed by atoms with Crippen LogP contribution in [0.4, 0.5) is 4.39 Å². The van der Waals surface area contributed by atoms with Gasteiger partial charge in [0.25, 0.3) is 0 Å². The van der Waals surface area contributed by atoms with E-state index in [1.807, 2.05) is 28.7 Å². The summed E-state index contributed by atoms with van der Waals surface area (Å²) in [5.74, 6) is -0.144. The average Bonchev–Trinajstić information content (AvgIpc) is 2.77. The molecule has 0 aliphatic carbocycles. The highest BCUT2D eigenvalue weighted by molar-refractivity contribution is 14.1. The summed E-state index contributed by atoms with van der Waals surface area (Å²) >= 11 is 2.03. The second kappa shape index (κ2) is 5.99. The zero-order valence-electron chi connectivity index (χ0n) is 9.68. The molecule has 1 N–H and O–H groups in total. The fourth-order valence-corrected chi connectivity index (χ4v) is 2.01. The molecule has 0 radical (unpaired) electrons. The Labute approximate surface area is 122 Å². The highest BCUT2D eigenvalue weighted by atomic mass is 127. The molecule has 0 amide bonds. The Morgan fingerprint density at radius 2 is 2.26 bits per heavy atom. The largest absolute Gasteiger partial charge is 0.473 e. The van der Waals surface area contributed by atoms with E-state index in [9.17, 15) is 4.39 Å². The topological polar surface area (TPSA) is 71.1 Å². The van der Waals surface area contributed by atoms with Crippen molar-refractivity contribution in [3.63, 3.8) is 0 Å². The van der Waals surface area contributed by atoms with Gasteiger partial charge in [-0.15, -0.1) is 5.10 Å². The number of nitrogens with zero attached hydrogens (tertiary/aromatic N) is 3. The molecule has 0 fully saturated rings. The van der Waals surface area contributed by atoms with Crippen LogP contribution in [0, 0.1) is 20.7 Å². The van der Waals surface area contributed by atoms with Gasteiger partial charge in [-0.3, -0.25) is 0 Å². The maximum Gasteiger partial charge on any atom is 0.246 e. The molecule has 0 atom stereocenters. The maximum absolute atomic E-state index is 13.4. The quantitative estimate of drug-likeness (QED) is 0.831. The van der Waals surface area contributed by atoms with Crippen LogP contribution in [0.25, 0.3) is 5.69 Å². The average molecular weight is 373 g/mol. The molecule has 1 heterocycles. The monoisotopic (exact) mass is 373 g/mol. The van der Waals surface area contributed by atoms with Crippen molar-refractivity contribution in [2.75, 3.05) is 13.2 Å². The van der Waals surface area contributed by atoms with Gasteiger partial charge in [-0.05, 0) is 40.8 Å². The summed E-state index contributed by atoms with van der Waals surface area (Å²) in [5, 5.41) is 21.6. The molecule has 0 aliphatic rings. The number of hydrogen-bond donors (Lipinski definition) is 1. The molecule has 0 unspecified atom stereocenters. The second-order valence-electron chi connectivity index (χ2n) is 3.61. The van der Waals surface area contributed by atoms with E-state index in [0.29, 0.717) is 11.6 Å². The molecule has 0 saturated heterocycles. The van der Waals surface area contributed by atoms with Crippen molar-refractivity contribution in [2.45, 2.75) is 0 Å². The summed E-state index contributed by atoms with van der Waals surface area (Å²) in [5.41, 5.74) is 0.659. The molecular weight excluding hydrogens is 364 g/mol. The van der Waals surface area contributed by atoms with Crippen LogP contribution in [0.3, 0.4) is 0 Å². The van der Waals surface area contributed by atoms with E-state index in [0.717, 1.165) is 9.64 Å². The number of aromatic nitrogens is 2. The molecule has 1 aromatic carbocycles. The first-order chi connectivity index (χ1) is 9.13. The predicted molar refractivity (Wildman–Crippen MR) is 73.5 cm³/mol. The number of halogens is 2. The van der Waals surface area contributed by atoms with Gasteiger partial charge >= 0.3 is 0 Å². The van der Waals surface area contributed by atoms with E-state index in [-0.39, 0.29) is 18.8 Å². The van der Waals surface area contributed by atoms with E-state index >= 15 is 0 Å². The first-order valence-corrected chi connectivity index (χ1v) is 6.42. The summed E-state index contributed by atoms with van der Waals surface area (Å²) in [4.78, 5) is 0. The van der Waals surface area contributed by atoms with Gasteiger partial charge in [0.15, 0.2) is 0 Å². The van der Waals surface area contributed by atoms with Gasteiger partial charge < -0.3 is 9.84 Å². The minimum atomic E-state index is -0.502. The van der Waals surface area contributed by atoms with Crippen molar-refractivity contribution in [3.05, 3.63) is 39.3 Å². The normalized spacial score (nSPS) is 10.2. The number of ether oxygens (including phenoxy) is 1. The van der Waals surface area contributed by atoms with E-state index in [4.69, 9.17) is 15.1 Å². The van der Waals surface area contributed by atoms with E-state index < -0.39 is 5.82 Å². The van der Waals surface area contributed by atoms with Gasteiger partial charge in [-0.1, -0.05) is 0 Å². The van der Waals surface area contributed by atoms with Crippen LogP contribution in [-0.4, -0.2) is 28.1 Å². The number of benzene rings is 1. The Bertz CT molecular complexity index is 636. The fourth-order valence-electron chi connectivity index (χ4n) is 1.48. The van der Waals surface area contributed by atoms with Crippen molar-refractivity contribution < 1.29 is 14.2 Å². The lowest BCUT2D eigenvalue weighted by molar-refractivity contribution is 0.195. The molecule has 19 heavy (non-hydrogen) atoms. The molecule has 1 aromatic heterocycles. The van der Waals surface area contributed by atoms with Crippen molar-refractivity contribution in [1.29, 1.82) is 5.26 Å². The first-order valence-electron chi connectivity index (χ1n) is 5.34. The highest BCUT2D eigenvalue weighted by Crippen LogP contribution is 2.21. The number of rotatable bonds is 4. The predicted octanol–water partition coefficient (Wildman–Crippen LogP) is 1.86. The molecule has 0 aliphatic heterocycles. The molecule has 5 nitrogen and oxygen atoms in total. The SMILES string of the molecule is N#Cc1cc(F)cc(-n2cc(I)c(OCCO)n2)c1. The van der Waals surface area contributed by atoms with Crippen LogP contribution >= 0.6 is 22.6 Å². The zero-order valence-corrected chi connectivity index (χ0v) is 11.8. The summed E-state index contributed by atoms with van der Waals surface area (Å²) in [6.45, 7) is 0.0289. The van der Waals surface area contributed by atoms with Gasteiger partial charge in [0.05, 0.1) is 27.5 Å². The summed E-state index contributed by atoms with van der Waals surface area (Å²) < 4.78 is 20.7. The summed E-state index contributed by atoms with van der Waals surface area (Å²) in [6.07, 6.45) is 1.66. The van der Waals surface area contributed by atoms with Crippen LogP contribution in [0.1, 0.15) is 5.56 Å². The lowest BCUT2D eigenvalue weighted by Gasteiger charge is -2.02. The molecule has 0 saturated carbocycles. The zero-order chi connectivity index (χ0) is 13.8. The van der Waals surface area contributed by atoms with Gasteiger partial charge in [0, 0.05) is 6.20 Å². The summed E-state index contributed by atoms with van der Waals surface area (Å²) in [6, 6.07) is 5.85. The highest BCUT2D eigenvalue weighted by Gasteiger charge is 2.10. The first kappa shape index (κ1) is 13.8. The molecule has 98 valence electrons. The second-order valence-corrected chi connectivity index (χ2v) is 4.77. The molecule has 0 spiro atoms. The Kier molecular flexibility index (Phi) is 4.34. The van der Waals surface area contributed by atoms with Gasteiger partial charge in [0.1, 0.15) is 12.4 Å². The minimum absolute atomic E-state index is 0.110. The minimum Gasteiger partial charge on any atom is -0.473 e. The number of aliphatic hydroxyl groups is 1. The van der Waals surface area contributed by atoms with Gasteiger partial charge in [-0.25, -0.2) is 9.07 Å². The number of hydrogen-bond acceptors (Lipinski definition) is 4. The summed E-state index contributed by atoms with van der Waals surface area (Å²) in [7, 11) is 0. The Morgan fingerprint density at radius 3 is 2.95 bits per heavy atom. The third-order valence-electron chi connectivity index (χ3n) is 2.24. The van der Waals surface area contributed by atoms with Crippen LogP contribution in [0.2, 0.25) is 0 Å². The van der Waals surface area contributed by atoms with Gasteiger partial charge in [-0.2, -0.15) is 5.26 Å². The van der Waals surface area contributed by atoms with E-state index in [1.54, 1.807) is 6.20 Å². The molecule has 7 heteroatoms. The van der Waals surface area contributed by atoms with Crippen molar-refractivity contribution >= 4 is 22.6 Å². The van der Waals surface area contributed by atoms with Crippen LogP contribution < -0.4 is 4.74 Å². The number of aliphatic hydroxyl groups excluding tert-OH is 1. The molecular formula is C12H9FIN3O2. The smallest absolute Gasteiger partial charge is 0.246 e. The van der Waals surface area contributed by atoms with Crippen LogP contribution in [0.15, 0.2) is 24.4 Å². The number of nitriles is 1. The fraction of sp³-hybridized carbons (Fsp3) is 0.167. The molecule has 2 aromatic rings. The Balaban J connectivity index is 2.37. The standard InChI is InChI=1S/C12H9FIN3O2/c13-9-3-8(6-15)4-10(5-9)17-7-11(14)12(16-17)19-2-1-18/h3-5,7,18H,1-2H2. The third kappa shape index (κ3) is 3.21. The van der Waals surface area contributed by atoms with Crippen molar-refractivity contribution in [1.82, 2.24) is 9.78 Å². The van der Waals surface area contributed by atoms with Gasteiger partial charge in [0.2, 0.25) is 5.88 Å². The lowest BCUT2D eigenvalue weighted by Crippen LogP contribution is -2.03. The van der Waals surface area contributed by atoms with Crippen molar-refractivity contribution in [2.24, 2.45) is 0 Å². The van der Waals surface area contributed by atoms with E-state index in [2.05, 4.69) is 5.10 Å². The Hall–Kier alpha value is -1.66. The van der Waals surface area contributed by atoms with Crippen molar-refractivity contribution in [3.8, 4) is 17.6 Å².